The van der Waals surface area contributed by atoms with Gasteiger partial charge in [0, 0.05) is 19.6 Å². The van der Waals surface area contributed by atoms with Crippen LogP contribution in [0.4, 0.5) is 13.2 Å². The predicted molar refractivity (Wildman–Crippen MR) is 64.9 cm³/mol. The minimum absolute atomic E-state index is 0.312. The minimum Gasteiger partial charge on any atom is -0.382 e. The molecule has 112 valence electrons. The Labute approximate surface area is 111 Å². The van der Waals surface area contributed by atoms with Gasteiger partial charge in [0.15, 0.2) is 6.10 Å². The second-order valence-corrected chi connectivity index (χ2v) is 6.48. The van der Waals surface area contributed by atoms with Crippen molar-refractivity contribution in [2.75, 3.05) is 19.6 Å². The Morgan fingerprint density at radius 3 is 2.32 bits per heavy atom. The van der Waals surface area contributed by atoms with Gasteiger partial charge in [0.05, 0.1) is 11.2 Å². The van der Waals surface area contributed by atoms with Gasteiger partial charge in [0.25, 0.3) is 0 Å². The first-order valence-electron chi connectivity index (χ1n) is 6.79. The first-order chi connectivity index (χ1) is 8.62. The third-order valence-corrected chi connectivity index (χ3v) is 3.93. The molecule has 1 aliphatic heterocycles. The van der Waals surface area contributed by atoms with Crippen LogP contribution in [0.5, 0.6) is 0 Å². The highest BCUT2D eigenvalue weighted by Gasteiger charge is 2.48. The summed E-state index contributed by atoms with van der Waals surface area (Å²) in [5.74, 6) is 0. The number of β-amino-alcohol motifs (C(OH)–C–C–N with tert-alkyl or cyclic N) is 1. The zero-order chi connectivity index (χ0) is 14.3. The SMILES string of the molecule is CC1(C)CN(C[C@@H](O)C(F)(F)F)CC2(CCCC2)O1. The molecule has 0 aromatic carbocycles. The number of hydrogen-bond donors (Lipinski definition) is 1. The van der Waals surface area contributed by atoms with Crippen molar-refractivity contribution in [2.24, 2.45) is 0 Å². The molecule has 0 unspecified atom stereocenters. The molecular weight excluding hydrogens is 259 g/mol. The summed E-state index contributed by atoms with van der Waals surface area (Å²) in [5.41, 5.74) is -0.777. The van der Waals surface area contributed by atoms with E-state index < -0.39 is 17.9 Å². The number of aliphatic hydroxyl groups is 1. The monoisotopic (exact) mass is 281 g/mol. The number of aliphatic hydroxyl groups excluding tert-OH is 1. The molecule has 6 heteroatoms. The van der Waals surface area contributed by atoms with Crippen molar-refractivity contribution in [3.8, 4) is 0 Å². The summed E-state index contributed by atoms with van der Waals surface area (Å²) in [4.78, 5) is 1.70. The van der Waals surface area contributed by atoms with Crippen LogP contribution in [0.2, 0.25) is 0 Å². The van der Waals surface area contributed by atoms with Crippen molar-refractivity contribution in [3.63, 3.8) is 0 Å². The summed E-state index contributed by atoms with van der Waals surface area (Å²) in [7, 11) is 0. The normalized spacial score (nSPS) is 28.7. The van der Waals surface area contributed by atoms with Crippen molar-refractivity contribution >= 4 is 0 Å². The van der Waals surface area contributed by atoms with E-state index in [4.69, 9.17) is 4.74 Å². The fraction of sp³-hybridized carbons (Fsp3) is 1.00. The van der Waals surface area contributed by atoms with Crippen LogP contribution in [-0.4, -0.2) is 53.1 Å². The van der Waals surface area contributed by atoms with E-state index in [1.807, 2.05) is 13.8 Å². The molecule has 0 radical (unpaired) electrons. The van der Waals surface area contributed by atoms with Gasteiger partial charge in [-0.05, 0) is 26.7 Å². The Kier molecular flexibility index (Phi) is 3.88. The fourth-order valence-corrected chi connectivity index (χ4v) is 3.41. The maximum absolute atomic E-state index is 12.5. The number of hydrogen-bond acceptors (Lipinski definition) is 3. The summed E-state index contributed by atoms with van der Waals surface area (Å²) in [6.45, 7) is 4.35. The van der Waals surface area contributed by atoms with Crippen LogP contribution in [0.25, 0.3) is 0 Å². The van der Waals surface area contributed by atoms with E-state index in [-0.39, 0.29) is 12.1 Å². The van der Waals surface area contributed by atoms with Crippen LogP contribution in [0.3, 0.4) is 0 Å². The Bertz CT molecular complexity index is 324. The molecule has 19 heavy (non-hydrogen) atoms. The van der Waals surface area contributed by atoms with Gasteiger partial charge >= 0.3 is 6.18 Å². The van der Waals surface area contributed by atoms with Crippen LogP contribution < -0.4 is 0 Å². The van der Waals surface area contributed by atoms with Gasteiger partial charge < -0.3 is 9.84 Å². The molecule has 0 bridgehead atoms. The van der Waals surface area contributed by atoms with Crippen molar-refractivity contribution in [1.29, 1.82) is 0 Å². The van der Waals surface area contributed by atoms with E-state index in [9.17, 15) is 18.3 Å². The summed E-state index contributed by atoms with van der Waals surface area (Å²) in [6.07, 6.45) is -2.91. The van der Waals surface area contributed by atoms with Gasteiger partial charge in [0.1, 0.15) is 0 Å². The summed E-state index contributed by atoms with van der Waals surface area (Å²) in [6, 6.07) is 0. The van der Waals surface area contributed by atoms with Gasteiger partial charge in [-0.2, -0.15) is 13.2 Å². The van der Waals surface area contributed by atoms with E-state index in [1.165, 1.54) is 0 Å². The van der Waals surface area contributed by atoms with Crippen LogP contribution in [0, 0.1) is 0 Å². The molecule has 1 saturated heterocycles. The largest absolute Gasteiger partial charge is 0.415 e. The number of alkyl halides is 3. The van der Waals surface area contributed by atoms with Gasteiger partial charge in [-0.3, -0.25) is 4.90 Å². The molecule has 2 rings (SSSR count). The molecule has 1 aliphatic carbocycles. The summed E-state index contributed by atoms with van der Waals surface area (Å²) in [5, 5.41) is 9.23. The number of morpholine rings is 1. The molecule has 1 N–H and O–H groups in total. The highest BCUT2D eigenvalue weighted by molar-refractivity contribution is 4.97. The Morgan fingerprint density at radius 2 is 1.79 bits per heavy atom. The van der Waals surface area contributed by atoms with Crippen molar-refractivity contribution in [1.82, 2.24) is 4.90 Å². The number of rotatable bonds is 2. The standard InChI is InChI=1S/C13H22F3NO2/c1-11(2)8-17(7-10(18)13(14,15)16)9-12(19-11)5-3-4-6-12/h10,18H,3-9H2,1-2H3/t10-/m1/s1. The first-order valence-corrected chi connectivity index (χ1v) is 6.79. The van der Waals surface area contributed by atoms with Crippen LogP contribution in [-0.2, 0) is 4.74 Å². The molecule has 0 amide bonds. The first kappa shape index (κ1) is 15.1. The lowest BCUT2D eigenvalue weighted by atomic mass is 9.94. The van der Waals surface area contributed by atoms with E-state index in [0.29, 0.717) is 13.1 Å². The van der Waals surface area contributed by atoms with E-state index in [1.54, 1.807) is 4.90 Å². The predicted octanol–water partition coefficient (Wildman–Crippen LogP) is 2.33. The Morgan fingerprint density at radius 1 is 1.21 bits per heavy atom. The Hall–Kier alpha value is -0.330. The molecule has 2 fully saturated rings. The second kappa shape index (κ2) is 4.90. The lowest BCUT2D eigenvalue weighted by Gasteiger charge is -2.49. The molecule has 1 spiro atoms. The molecule has 0 aromatic heterocycles. The lowest BCUT2D eigenvalue weighted by Crippen LogP contribution is -2.60. The van der Waals surface area contributed by atoms with Gasteiger partial charge in [0.2, 0.25) is 0 Å². The topological polar surface area (TPSA) is 32.7 Å². The van der Waals surface area contributed by atoms with E-state index in [2.05, 4.69) is 0 Å². The molecular formula is C13H22F3NO2. The van der Waals surface area contributed by atoms with Crippen molar-refractivity contribution in [2.45, 2.75) is 63.0 Å². The number of ether oxygens (including phenoxy) is 1. The molecule has 2 aliphatic rings. The molecule has 1 saturated carbocycles. The lowest BCUT2D eigenvalue weighted by molar-refractivity contribution is -0.229. The van der Waals surface area contributed by atoms with Crippen molar-refractivity contribution < 1.29 is 23.0 Å². The smallest absolute Gasteiger partial charge is 0.382 e. The Balaban J connectivity index is 2.04. The second-order valence-electron chi connectivity index (χ2n) is 6.48. The highest BCUT2D eigenvalue weighted by Crippen LogP contribution is 2.40. The van der Waals surface area contributed by atoms with Crippen LogP contribution in [0.15, 0.2) is 0 Å². The third kappa shape index (κ3) is 3.61. The zero-order valence-electron chi connectivity index (χ0n) is 11.5. The van der Waals surface area contributed by atoms with Crippen LogP contribution >= 0.6 is 0 Å². The number of halogens is 3. The van der Waals surface area contributed by atoms with E-state index >= 15 is 0 Å². The average Bonchev–Trinajstić information content (AvgIpc) is 2.61. The minimum atomic E-state index is -4.55. The van der Waals surface area contributed by atoms with Crippen LogP contribution in [0.1, 0.15) is 39.5 Å². The average molecular weight is 281 g/mol. The summed E-state index contributed by atoms with van der Waals surface area (Å²) >= 11 is 0. The fourth-order valence-electron chi connectivity index (χ4n) is 3.41. The third-order valence-electron chi connectivity index (χ3n) is 3.93. The maximum Gasteiger partial charge on any atom is 0.415 e. The molecule has 1 heterocycles. The molecule has 3 nitrogen and oxygen atoms in total. The van der Waals surface area contributed by atoms with Gasteiger partial charge in [-0.1, -0.05) is 12.8 Å². The summed E-state index contributed by atoms with van der Waals surface area (Å²) < 4.78 is 43.5. The quantitative estimate of drug-likeness (QED) is 0.843. The van der Waals surface area contributed by atoms with E-state index in [0.717, 1.165) is 25.7 Å². The maximum atomic E-state index is 12.5. The zero-order valence-corrected chi connectivity index (χ0v) is 11.5. The highest BCUT2D eigenvalue weighted by atomic mass is 19.4. The molecule has 1 atom stereocenters. The van der Waals surface area contributed by atoms with Gasteiger partial charge in [-0.25, -0.2) is 0 Å². The molecule has 0 aromatic rings. The van der Waals surface area contributed by atoms with Crippen molar-refractivity contribution in [3.05, 3.63) is 0 Å². The van der Waals surface area contributed by atoms with Gasteiger partial charge in [-0.15, -0.1) is 0 Å². The number of nitrogens with zero attached hydrogens (tertiary/aromatic N) is 1.